The fraction of sp³-hybridized carbons (Fsp3) is 0.364. The summed E-state index contributed by atoms with van der Waals surface area (Å²) in [4.78, 5) is 25.4. The summed E-state index contributed by atoms with van der Waals surface area (Å²) in [7, 11) is 1.51. The summed E-state index contributed by atoms with van der Waals surface area (Å²) in [5, 5.41) is 2.90. The summed E-state index contributed by atoms with van der Waals surface area (Å²) < 4.78 is 16.6. The Bertz CT molecular complexity index is 830. The highest BCUT2D eigenvalue weighted by atomic mass is 16.5. The summed E-state index contributed by atoms with van der Waals surface area (Å²) in [6, 6.07) is 14.0. The quantitative estimate of drug-likeness (QED) is 0.704. The van der Waals surface area contributed by atoms with E-state index in [-0.39, 0.29) is 23.6 Å². The number of methoxy groups -OCH3 is 1. The number of hydrogen-bond donors (Lipinski definition) is 1. The Labute approximate surface area is 164 Å². The van der Waals surface area contributed by atoms with Gasteiger partial charge >= 0.3 is 5.97 Å². The van der Waals surface area contributed by atoms with Crippen molar-refractivity contribution in [2.45, 2.75) is 44.9 Å². The molecule has 0 aliphatic heterocycles. The fourth-order valence-corrected chi connectivity index (χ4v) is 2.73. The maximum atomic E-state index is 12.7. The van der Waals surface area contributed by atoms with Crippen molar-refractivity contribution in [1.29, 1.82) is 0 Å². The monoisotopic (exact) mass is 383 g/mol. The van der Waals surface area contributed by atoms with E-state index in [1.54, 1.807) is 30.3 Å². The number of amides is 1. The van der Waals surface area contributed by atoms with Gasteiger partial charge in [-0.25, -0.2) is 4.79 Å². The lowest BCUT2D eigenvalue weighted by Crippen LogP contribution is -2.33. The van der Waals surface area contributed by atoms with Gasteiger partial charge in [0, 0.05) is 11.6 Å². The number of carbonyl (C=O) groups is 2. The number of nitrogens with one attached hydrogen (secondary N) is 1. The summed E-state index contributed by atoms with van der Waals surface area (Å²) in [6.45, 7) is 3.81. The molecule has 1 unspecified atom stereocenters. The van der Waals surface area contributed by atoms with Crippen LogP contribution in [0.2, 0.25) is 0 Å². The highest BCUT2D eigenvalue weighted by molar-refractivity contribution is 5.93. The Morgan fingerprint density at radius 3 is 2.36 bits per heavy atom. The molecule has 1 fully saturated rings. The van der Waals surface area contributed by atoms with Gasteiger partial charge in [0.15, 0.2) is 11.5 Å². The fourth-order valence-electron chi connectivity index (χ4n) is 2.73. The highest BCUT2D eigenvalue weighted by Gasteiger charge is 2.31. The number of rotatable bonds is 8. The van der Waals surface area contributed by atoms with Crippen LogP contribution in [0.25, 0.3) is 0 Å². The van der Waals surface area contributed by atoms with E-state index in [4.69, 9.17) is 14.2 Å². The van der Waals surface area contributed by atoms with Crippen molar-refractivity contribution >= 4 is 11.9 Å². The van der Waals surface area contributed by atoms with Crippen molar-refractivity contribution in [2.75, 3.05) is 7.11 Å². The van der Waals surface area contributed by atoms with Gasteiger partial charge in [-0.05, 0) is 44.9 Å². The molecule has 1 aliphatic carbocycles. The van der Waals surface area contributed by atoms with Gasteiger partial charge in [-0.1, -0.05) is 30.3 Å². The number of ether oxygens (including phenoxy) is 3. The van der Waals surface area contributed by atoms with Crippen molar-refractivity contribution in [1.82, 2.24) is 5.32 Å². The Morgan fingerprint density at radius 2 is 1.75 bits per heavy atom. The molecule has 28 heavy (non-hydrogen) atoms. The summed E-state index contributed by atoms with van der Waals surface area (Å²) in [5.74, 6) is 0.0601. The second-order valence-electron chi connectivity index (χ2n) is 7.01. The number of carbonyl (C=O) groups excluding carboxylic acids is 2. The molecule has 0 saturated heterocycles. The third kappa shape index (κ3) is 5.03. The van der Waals surface area contributed by atoms with E-state index in [9.17, 15) is 9.59 Å². The van der Waals surface area contributed by atoms with Crippen molar-refractivity contribution in [3.05, 3.63) is 59.7 Å². The standard InChI is InChI=1S/C22H25NO5/c1-14(2)27-18-12-9-16(13-19(18)26-3)22(25)28-20(15-7-5-4-6-8-15)21(24)23-17-10-11-17/h4-9,12-14,17,20H,10-11H2,1-3H3,(H,23,24). The molecule has 148 valence electrons. The summed E-state index contributed by atoms with van der Waals surface area (Å²) in [5.41, 5.74) is 0.911. The van der Waals surface area contributed by atoms with Gasteiger partial charge in [0.05, 0.1) is 18.8 Å². The molecule has 0 radical (unpaired) electrons. The Morgan fingerprint density at radius 1 is 1.04 bits per heavy atom. The van der Waals surface area contributed by atoms with Gasteiger partial charge in [0.2, 0.25) is 6.10 Å². The predicted octanol–water partition coefficient (Wildman–Crippen LogP) is 3.66. The maximum Gasteiger partial charge on any atom is 0.339 e. The molecule has 1 N–H and O–H groups in total. The molecule has 3 rings (SSSR count). The Kier molecular flexibility index (Phi) is 6.19. The SMILES string of the molecule is COc1cc(C(=O)OC(C(=O)NC2CC2)c2ccccc2)ccc1OC(C)C. The van der Waals surface area contributed by atoms with Crippen LogP contribution in [-0.2, 0) is 9.53 Å². The number of benzene rings is 2. The number of hydrogen-bond acceptors (Lipinski definition) is 5. The first kappa shape index (κ1) is 19.7. The molecule has 0 spiro atoms. The van der Waals surface area contributed by atoms with Crippen LogP contribution >= 0.6 is 0 Å². The minimum absolute atomic E-state index is 0.0275. The van der Waals surface area contributed by atoms with Gasteiger partial charge in [-0.3, -0.25) is 4.79 Å². The highest BCUT2D eigenvalue weighted by Crippen LogP contribution is 2.30. The second-order valence-corrected chi connectivity index (χ2v) is 7.01. The lowest BCUT2D eigenvalue weighted by atomic mass is 10.1. The van der Waals surface area contributed by atoms with Crippen molar-refractivity contribution < 1.29 is 23.8 Å². The van der Waals surface area contributed by atoms with Crippen LogP contribution in [0.3, 0.4) is 0 Å². The first-order valence-electron chi connectivity index (χ1n) is 9.39. The molecule has 6 heteroatoms. The molecule has 0 bridgehead atoms. The lowest BCUT2D eigenvalue weighted by molar-refractivity contribution is -0.130. The third-order valence-corrected chi connectivity index (χ3v) is 4.25. The summed E-state index contributed by atoms with van der Waals surface area (Å²) >= 11 is 0. The molecule has 2 aromatic rings. The first-order valence-corrected chi connectivity index (χ1v) is 9.39. The van der Waals surface area contributed by atoms with E-state index < -0.39 is 12.1 Å². The average Bonchev–Trinajstić information content (AvgIpc) is 3.50. The minimum Gasteiger partial charge on any atom is -0.493 e. The first-order chi connectivity index (χ1) is 13.5. The zero-order chi connectivity index (χ0) is 20.1. The van der Waals surface area contributed by atoms with Crippen LogP contribution in [0.15, 0.2) is 48.5 Å². The minimum atomic E-state index is -1.01. The van der Waals surface area contributed by atoms with Gasteiger partial charge in [-0.15, -0.1) is 0 Å². The summed E-state index contributed by atoms with van der Waals surface area (Å²) in [6.07, 6.45) is 0.873. The molecule has 2 aromatic carbocycles. The molecular formula is C22H25NO5. The van der Waals surface area contributed by atoms with Gasteiger partial charge in [0.1, 0.15) is 0 Å². The van der Waals surface area contributed by atoms with Crippen LogP contribution in [0, 0.1) is 0 Å². The van der Waals surface area contributed by atoms with Crippen molar-refractivity contribution in [3.8, 4) is 11.5 Å². The molecule has 1 saturated carbocycles. The smallest absolute Gasteiger partial charge is 0.339 e. The Hall–Kier alpha value is -3.02. The molecule has 1 amide bonds. The van der Waals surface area contributed by atoms with Gasteiger partial charge < -0.3 is 19.5 Å². The second kappa shape index (κ2) is 8.78. The van der Waals surface area contributed by atoms with E-state index in [1.807, 2.05) is 32.0 Å². The van der Waals surface area contributed by atoms with E-state index in [1.165, 1.54) is 7.11 Å². The molecule has 6 nitrogen and oxygen atoms in total. The van der Waals surface area contributed by atoms with Crippen LogP contribution in [0.4, 0.5) is 0 Å². The van der Waals surface area contributed by atoms with Crippen molar-refractivity contribution in [3.63, 3.8) is 0 Å². The van der Waals surface area contributed by atoms with Crippen LogP contribution in [-0.4, -0.2) is 31.1 Å². The molecule has 0 aromatic heterocycles. The largest absolute Gasteiger partial charge is 0.493 e. The van der Waals surface area contributed by atoms with Crippen LogP contribution < -0.4 is 14.8 Å². The van der Waals surface area contributed by atoms with Crippen LogP contribution in [0.1, 0.15) is 48.7 Å². The van der Waals surface area contributed by atoms with E-state index in [2.05, 4.69) is 5.32 Å². The lowest BCUT2D eigenvalue weighted by Gasteiger charge is -2.19. The van der Waals surface area contributed by atoms with Crippen molar-refractivity contribution in [2.24, 2.45) is 0 Å². The maximum absolute atomic E-state index is 12.7. The molecule has 0 heterocycles. The van der Waals surface area contributed by atoms with Crippen LogP contribution in [0.5, 0.6) is 11.5 Å². The zero-order valence-electron chi connectivity index (χ0n) is 16.3. The van der Waals surface area contributed by atoms with E-state index in [0.717, 1.165) is 12.8 Å². The number of esters is 1. The predicted molar refractivity (Wildman–Crippen MR) is 105 cm³/mol. The van der Waals surface area contributed by atoms with Gasteiger partial charge in [-0.2, -0.15) is 0 Å². The zero-order valence-corrected chi connectivity index (χ0v) is 16.3. The van der Waals surface area contributed by atoms with Gasteiger partial charge in [0.25, 0.3) is 5.91 Å². The normalized spacial score (nSPS) is 14.3. The topological polar surface area (TPSA) is 73.9 Å². The average molecular weight is 383 g/mol. The third-order valence-electron chi connectivity index (χ3n) is 4.25. The molecule has 1 atom stereocenters. The molecule has 1 aliphatic rings. The van der Waals surface area contributed by atoms with E-state index in [0.29, 0.717) is 17.1 Å². The Balaban J connectivity index is 1.80. The van der Waals surface area contributed by atoms with E-state index >= 15 is 0 Å². The molecular weight excluding hydrogens is 358 g/mol.